The fraction of sp³-hybridized carbons (Fsp3) is 0.462. The summed E-state index contributed by atoms with van der Waals surface area (Å²) < 4.78 is 0. The summed E-state index contributed by atoms with van der Waals surface area (Å²) in [6, 6.07) is 10.4. The number of hydrogen-bond donors (Lipinski definition) is 2. The number of nitrogens with zero attached hydrogens (tertiary/aromatic N) is 2. The molecule has 18 heavy (non-hydrogen) atoms. The number of guanidine groups is 1. The van der Waals surface area contributed by atoms with Gasteiger partial charge in [-0.1, -0.05) is 18.2 Å². The Bertz CT molecular complexity index is 380. The van der Waals surface area contributed by atoms with E-state index >= 15 is 0 Å². The van der Waals surface area contributed by atoms with E-state index in [4.69, 9.17) is 5.73 Å². The Labute approximate surface area is 126 Å². The molecule has 1 heterocycles. The van der Waals surface area contributed by atoms with Crippen LogP contribution in [-0.4, -0.2) is 37.0 Å². The van der Waals surface area contributed by atoms with Gasteiger partial charge in [0.1, 0.15) is 0 Å². The highest BCUT2D eigenvalue weighted by molar-refractivity contribution is 14.0. The first-order valence-electron chi connectivity index (χ1n) is 6.08. The fourth-order valence-electron chi connectivity index (χ4n) is 2.12. The topological polar surface area (TPSA) is 53.6 Å². The highest BCUT2D eigenvalue weighted by Crippen LogP contribution is 2.14. The Morgan fingerprint density at radius 2 is 2.17 bits per heavy atom. The summed E-state index contributed by atoms with van der Waals surface area (Å²) in [6.07, 6.45) is 2.49. The van der Waals surface area contributed by atoms with E-state index in [0.29, 0.717) is 12.0 Å². The van der Waals surface area contributed by atoms with E-state index in [-0.39, 0.29) is 24.0 Å². The van der Waals surface area contributed by atoms with Crippen molar-refractivity contribution in [3.63, 3.8) is 0 Å². The number of likely N-dealkylation sites (tertiary alicyclic amines) is 1. The van der Waals surface area contributed by atoms with Gasteiger partial charge in [-0.2, -0.15) is 0 Å². The predicted molar refractivity (Wildman–Crippen MR) is 87.6 cm³/mol. The lowest BCUT2D eigenvalue weighted by atomic mass is 10.2. The smallest absolute Gasteiger partial charge is 0.193 e. The van der Waals surface area contributed by atoms with Crippen LogP contribution in [0.25, 0.3) is 0 Å². The normalized spacial score (nSPS) is 20.5. The van der Waals surface area contributed by atoms with E-state index < -0.39 is 0 Å². The van der Waals surface area contributed by atoms with Crippen LogP contribution in [0.5, 0.6) is 0 Å². The molecule has 1 aliphatic rings. The molecular weight excluding hydrogens is 339 g/mol. The molecule has 1 aromatic carbocycles. The molecule has 0 amide bonds. The summed E-state index contributed by atoms with van der Waals surface area (Å²) >= 11 is 0. The van der Waals surface area contributed by atoms with E-state index in [0.717, 1.165) is 12.2 Å². The minimum atomic E-state index is 0. The molecule has 5 heteroatoms. The zero-order chi connectivity index (χ0) is 12.1. The minimum Gasteiger partial charge on any atom is -0.370 e. The van der Waals surface area contributed by atoms with Crippen LogP contribution in [0, 0.1) is 0 Å². The number of nitrogens with one attached hydrogen (secondary N) is 1. The third-order valence-electron chi connectivity index (χ3n) is 3.19. The van der Waals surface area contributed by atoms with Gasteiger partial charge in [0.25, 0.3) is 0 Å². The molecule has 1 aliphatic heterocycles. The summed E-state index contributed by atoms with van der Waals surface area (Å²) in [5.41, 5.74) is 6.83. The van der Waals surface area contributed by atoms with Gasteiger partial charge in [-0.25, -0.2) is 0 Å². The second kappa shape index (κ2) is 7.58. The number of aliphatic imine (C=N–C) groups is 1. The maximum Gasteiger partial charge on any atom is 0.193 e. The standard InChI is InChI=1S/C13H20N4.HI/c1-17-9-5-8-12(17)10-15-13(14)16-11-6-3-2-4-7-11;/h2-4,6-7,12H,5,8-10H2,1H3,(H3,14,15,16);1H. The first kappa shape index (κ1) is 15.2. The van der Waals surface area contributed by atoms with Gasteiger partial charge in [-0.15, -0.1) is 24.0 Å². The van der Waals surface area contributed by atoms with Crippen LogP contribution in [0.15, 0.2) is 35.3 Å². The van der Waals surface area contributed by atoms with E-state index in [1.807, 2.05) is 30.3 Å². The quantitative estimate of drug-likeness (QED) is 0.493. The first-order chi connectivity index (χ1) is 8.25. The van der Waals surface area contributed by atoms with Gasteiger partial charge >= 0.3 is 0 Å². The van der Waals surface area contributed by atoms with Crippen molar-refractivity contribution in [2.75, 3.05) is 25.5 Å². The molecule has 4 nitrogen and oxygen atoms in total. The predicted octanol–water partition coefficient (Wildman–Crippen LogP) is 2.13. The molecule has 0 aliphatic carbocycles. The molecule has 0 spiro atoms. The number of benzene rings is 1. The molecular formula is C13H21IN4. The van der Waals surface area contributed by atoms with Crippen molar-refractivity contribution in [2.24, 2.45) is 10.7 Å². The first-order valence-corrected chi connectivity index (χ1v) is 6.08. The monoisotopic (exact) mass is 360 g/mol. The Balaban J connectivity index is 0.00000162. The molecule has 0 radical (unpaired) electrons. The van der Waals surface area contributed by atoms with E-state index in [9.17, 15) is 0 Å². The lowest BCUT2D eigenvalue weighted by molar-refractivity contribution is 0.317. The average Bonchev–Trinajstić information content (AvgIpc) is 2.74. The van der Waals surface area contributed by atoms with E-state index in [1.165, 1.54) is 19.4 Å². The largest absolute Gasteiger partial charge is 0.370 e. The highest BCUT2D eigenvalue weighted by atomic mass is 127. The molecule has 0 bridgehead atoms. The van der Waals surface area contributed by atoms with Gasteiger partial charge in [0.2, 0.25) is 0 Å². The van der Waals surface area contributed by atoms with Crippen LogP contribution in [0.2, 0.25) is 0 Å². The summed E-state index contributed by atoms with van der Waals surface area (Å²) in [7, 11) is 2.15. The van der Waals surface area contributed by atoms with Crippen molar-refractivity contribution in [1.82, 2.24) is 4.90 Å². The van der Waals surface area contributed by atoms with Crippen LogP contribution in [0.4, 0.5) is 5.69 Å². The number of nitrogens with two attached hydrogens (primary N) is 1. The molecule has 100 valence electrons. The fourth-order valence-corrected chi connectivity index (χ4v) is 2.12. The third-order valence-corrected chi connectivity index (χ3v) is 3.19. The van der Waals surface area contributed by atoms with Crippen molar-refractivity contribution in [2.45, 2.75) is 18.9 Å². The molecule has 0 aromatic heterocycles. The lowest BCUT2D eigenvalue weighted by Crippen LogP contribution is -2.30. The second-order valence-corrected chi connectivity index (χ2v) is 4.49. The number of para-hydroxylation sites is 1. The number of likely N-dealkylation sites (N-methyl/N-ethyl adjacent to an activating group) is 1. The molecule has 2 rings (SSSR count). The second-order valence-electron chi connectivity index (χ2n) is 4.49. The highest BCUT2D eigenvalue weighted by Gasteiger charge is 2.19. The SMILES string of the molecule is CN1CCCC1CN=C(N)Nc1ccccc1.I. The van der Waals surface area contributed by atoms with Gasteiger partial charge in [0.15, 0.2) is 5.96 Å². The average molecular weight is 360 g/mol. The van der Waals surface area contributed by atoms with Crippen LogP contribution < -0.4 is 11.1 Å². The van der Waals surface area contributed by atoms with Crippen molar-refractivity contribution < 1.29 is 0 Å². The van der Waals surface area contributed by atoms with Gasteiger partial charge in [0, 0.05) is 11.7 Å². The molecule has 1 saturated heterocycles. The Morgan fingerprint density at radius 3 is 2.78 bits per heavy atom. The summed E-state index contributed by atoms with van der Waals surface area (Å²) in [4.78, 5) is 6.74. The lowest BCUT2D eigenvalue weighted by Gasteiger charge is -2.17. The Morgan fingerprint density at radius 1 is 1.44 bits per heavy atom. The minimum absolute atomic E-state index is 0. The number of anilines is 1. The zero-order valence-corrected chi connectivity index (χ0v) is 13.0. The van der Waals surface area contributed by atoms with E-state index in [1.54, 1.807) is 0 Å². The van der Waals surface area contributed by atoms with Crippen LogP contribution >= 0.6 is 24.0 Å². The van der Waals surface area contributed by atoms with Crippen molar-refractivity contribution in [1.29, 1.82) is 0 Å². The molecule has 1 atom stereocenters. The van der Waals surface area contributed by atoms with Crippen molar-refractivity contribution >= 4 is 35.6 Å². The Kier molecular flexibility index (Phi) is 6.42. The molecule has 0 saturated carbocycles. The number of halogens is 1. The molecule has 3 N–H and O–H groups in total. The maximum absolute atomic E-state index is 5.85. The van der Waals surface area contributed by atoms with Crippen LogP contribution in [-0.2, 0) is 0 Å². The molecule has 1 unspecified atom stereocenters. The zero-order valence-electron chi connectivity index (χ0n) is 10.7. The van der Waals surface area contributed by atoms with Crippen molar-refractivity contribution in [3.05, 3.63) is 30.3 Å². The van der Waals surface area contributed by atoms with Gasteiger partial charge in [-0.3, -0.25) is 4.99 Å². The summed E-state index contributed by atoms with van der Waals surface area (Å²) in [6.45, 7) is 1.95. The van der Waals surface area contributed by atoms with Gasteiger partial charge < -0.3 is 16.0 Å². The Hall–Kier alpha value is -0.820. The van der Waals surface area contributed by atoms with Crippen molar-refractivity contribution in [3.8, 4) is 0 Å². The van der Waals surface area contributed by atoms with Crippen LogP contribution in [0.1, 0.15) is 12.8 Å². The maximum atomic E-state index is 5.85. The summed E-state index contributed by atoms with van der Waals surface area (Å²) in [5.74, 6) is 0.497. The molecule has 1 aromatic rings. The molecule has 1 fully saturated rings. The van der Waals surface area contributed by atoms with E-state index in [2.05, 4.69) is 22.3 Å². The van der Waals surface area contributed by atoms with Crippen LogP contribution in [0.3, 0.4) is 0 Å². The summed E-state index contributed by atoms with van der Waals surface area (Å²) in [5, 5.41) is 3.09. The third kappa shape index (κ3) is 4.45. The number of rotatable bonds is 3. The van der Waals surface area contributed by atoms with Gasteiger partial charge in [-0.05, 0) is 38.6 Å². The van der Waals surface area contributed by atoms with Gasteiger partial charge in [0.05, 0.1) is 6.54 Å². The number of hydrogen-bond acceptors (Lipinski definition) is 2.